The van der Waals surface area contributed by atoms with Crippen molar-refractivity contribution in [2.45, 2.75) is 19.0 Å². The van der Waals surface area contributed by atoms with Gasteiger partial charge in [-0.3, -0.25) is 9.59 Å². The maximum atomic E-state index is 12.7. The van der Waals surface area contributed by atoms with Gasteiger partial charge in [0.2, 0.25) is 0 Å². The Morgan fingerprint density at radius 2 is 1.72 bits per heavy atom. The number of carbonyl (C=O) groups is 3. The topological polar surface area (TPSA) is 66.9 Å². The molecule has 0 saturated carbocycles. The van der Waals surface area contributed by atoms with Crippen LogP contribution in [0.1, 0.15) is 21.5 Å². The summed E-state index contributed by atoms with van der Waals surface area (Å²) in [4.78, 5) is 41.0. The first-order valence-corrected chi connectivity index (χ1v) is 10.7. The van der Waals surface area contributed by atoms with Crippen LogP contribution in [-0.4, -0.2) is 58.4 Å². The maximum absolute atomic E-state index is 12.7. The van der Waals surface area contributed by atoms with Gasteiger partial charge in [-0.15, -0.1) is 11.8 Å². The highest BCUT2D eigenvalue weighted by Gasteiger charge is 2.36. The van der Waals surface area contributed by atoms with Crippen LogP contribution in [0, 0.1) is 0 Å². The van der Waals surface area contributed by atoms with Crippen molar-refractivity contribution in [1.82, 2.24) is 9.80 Å². The molecule has 4 rings (SSSR count). The van der Waals surface area contributed by atoms with Crippen molar-refractivity contribution in [3.05, 3.63) is 71.3 Å². The van der Waals surface area contributed by atoms with Crippen molar-refractivity contribution in [1.29, 1.82) is 0 Å². The molecule has 1 fully saturated rings. The lowest BCUT2D eigenvalue weighted by Gasteiger charge is -2.29. The molecule has 0 bridgehead atoms. The van der Waals surface area contributed by atoms with E-state index in [-0.39, 0.29) is 18.4 Å². The first-order valence-electron chi connectivity index (χ1n) is 9.58. The summed E-state index contributed by atoms with van der Waals surface area (Å²) >= 11 is 1.51. The number of hydrogen-bond donors (Lipinski definition) is 0. The van der Waals surface area contributed by atoms with Gasteiger partial charge in [-0.2, -0.15) is 0 Å². The number of rotatable bonds is 4. The Kier molecular flexibility index (Phi) is 5.85. The molecule has 0 radical (unpaired) electrons. The number of ether oxygens (including phenoxy) is 1. The van der Waals surface area contributed by atoms with Gasteiger partial charge in [0.25, 0.3) is 11.8 Å². The molecule has 0 aromatic heterocycles. The third kappa shape index (κ3) is 4.29. The van der Waals surface area contributed by atoms with E-state index < -0.39 is 12.0 Å². The predicted molar refractivity (Wildman–Crippen MR) is 110 cm³/mol. The molecule has 6 nitrogen and oxygen atoms in total. The van der Waals surface area contributed by atoms with Gasteiger partial charge in [-0.05, 0) is 29.7 Å². The Morgan fingerprint density at radius 3 is 2.52 bits per heavy atom. The Balaban J connectivity index is 1.33. The van der Waals surface area contributed by atoms with Gasteiger partial charge < -0.3 is 14.5 Å². The van der Waals surface area contributed by atoms with Crippen LogP contribution >= 0.6 is 11.8 Å². The van der Waals surface area contributed by atoms with E-state index in [0.717, 1.165) is 12.0 Å². The number of esters is 1. The molecule has 0 spiro atoms. The molecule has 7 heteroatoms. The number of fused-ring (bicyclic) bond motifs is 1. The molecule has 2 heterocycles. The number of benzene rings is 2. The number of nitrogens with zero attached hydrogens (tertiary/aromatic N) is 2. The first kappa shape index (κ1) is 19.5. The van der Waals surface area contributed by atoms with Crippen LogP contribution in [0.4, 0.5) is 0 Å². The normalized spacial score (nSPS) is 18.3. The van der Waals surface area contributed by atoms with E-state index in [1.165, 1.54) is 22.2 Å². The molecule has 2 aliphatic rings. The Labute approximate surface area is 173 Å². The zero-order valence-corrected chi connectivity index (χ0v) is 16.8. The van der Waals surface area contributed by atoms with Crippen LogP contribution in [0.15, 0.2) is 54.6 Å². The molecular weight excluding hydrogens is 388 g/mol. The van der Waals surface area contributed by atoms with Crippen LogP contribution in [0.3, 0.4) is 0 Å². The summed E-state index contributed by atoms with van der Waals surface area (Å²) < 4.78 is 5.31. The Bertz CT molecular complexity index is 918. The summed E-state index contributed by atoms with van der Waals surface area (Å²) in [5.41, 5.74) is 2.92. The molecule has 150 valence electrons. The monoisotopic (exact) mass is 410 g/mol. The lowest BCUT2D eigenvalue weighted by molar-refractivity contribution is -0.155. The number of amides is 2. The van der Waals surface area contributed by atoms with E-state index in [4.69, 9.17) is 4.74 Å². The fourth-order valence-electron chi connectivity index (χ4n) is 3.61. The zero-order chi connectivity index (χ0) is 20.2. The molecule has 2 aromatic rings. The second-order valence-corrected chi connectivity index (χ2v) is 8.10. The molecule has 2 amide bonds. The molecule has 2 aliphatic heterocycles. The summed E-state index contributed by atoms with van der Waals surface area (Å²) in [5, 5.41) is 0. The fourth-order valence-corrected chi connectivity index (χ4v) is 4.75. The van der Waals surface area contributed by atoms with Crippen LogP contribution in [-0.2, 0) is 27.3 Å². The summed E-state index contributed by atoms with van der Waals surface area (Å²) in [6.07, 6.45) is 0.800. The standard InChI is InChI=1S/C22H22N2O4S/c25-20(23-11-10-16-6-4-5-9-18(16)12-23)13-28-22(27)19-14-29-15-24(19)21(26)17-7-2-1-3-8-17/h1-9,19H,10-15H2/t19-/m0/s1. The highest BCUT2D eigenvalue weighted by atomic mass is 32.2. The molecule has 29 heavy (non-hydrogen) atoms. The van der Waals surface area contributed by atoms with Crippen LogP contribution in [0.5, 0.6) is 0 Å². The molecule has 0 unspecified atom stereocenters. The number of carbonyl (C=O) groups excluding carboxylic acids is 3. The van der Waals surface area contributed by atoms with Gasteiger partial charge >= 0.3 is 5.97 Å². The van der Waals surface area contributed by atoms with E-state index >= 15 is 0 Å². The van der Waals surface area contributed by atoms with E-state index in [1.54, 1.807) is 29.2 Å². The van der Waals surface area contributed by atoms with E-state index in [1.807, 2.05) is 24.3 Å². The van der Waals surface area contributed by atoms with Gasteiger partial charge in [-0.25, -0.2) is 4.79 Å². The molecular formula is C22H22N2O4S. The number of thioether (sulfide) groups is 1. The largest absolute Gasteiger partial charge is 0.454 e. The van der Waals surface area contributed by atoms with Crippen molar-refractivity contribution < 1.29 is 19.1 Å². The van der Waals surface area contributed by atoms with Gasteiger partial charge in [0.05, 0.1) is 5.88 Å². The Hall–Kier alpha value is -2.80. The third-order valence-electron chi connectivity index (χ3n) is 5.26. The van der Waals surface area contributed by atoms with Crippen molar-refractivity contribution >= 4 is 29.5 Å². The highest BCUT2D eigenvalue weighted by Crippen LogP contribution is 2.24. The summed E-state index contributed by atoms with van der Waals surface area (Å²) in [6.45, 7) is 0.852. The minimum absolute atomic E-state index is 0.198. The minimum Gasteiger partial charge on any atom is -0.454 e. The van der Waals surface area contributed by atoms with Crippen LogP contribution in [0.2, 0.25) is 0 Å². The van der Waals surface area contributed by atoms with Crippen LogP contribution in [0.25, 0.3) is 0 Å². The fraction of sp³-hybridized carbons (Fsp3) is 0.318. The quantitative estimate of drug-likeness (QED) is 0.724. The van der Waals surface area contributed by atoms with Gasteiger partial charge in [0.15, 0.2) is 6.61 Å². The Morgan fingerprint density at radius 1 is 1.00 bits per heavy atom. The lowest BCUT2D eigenvalue weighted by atomic mass is 10.00. The molecule has 1 saturated heterocycles. The SMILES string of the molecule is O=C(OCC(=O)N1CCc2ccccc2C1)[C@@H]1CSCN1C(=O)c1ccccc1. The van der Waals surface area contributed by atoms with Crippen molar-refractivity contribution in [3.8, 4) is 0 Å². The zero-order valence-electron chi connectivity index (χ0n) is 16.0. The summed E-state index contributed by atoms with van der Waals surface area (Å²) in [5.74, 6) is -0.0199. The predicted octanol–water partition coefficient (Wildman–Crippen LogP) is 2.33. The maximum Gasteiger partial charge on any atom is 0.330 e. The van der Waals surface area contributed by atoms with E-state index in [0.29, 0.717) is 30.3 Å². The van der Waals surface area contributed by atoms with Gasteiger partial charge in [0.1, 0.15) is 6.04 Å². The van der Waals surface area contributed by atoms with E-state index in [9.17, 15) is 14.4 Å². The minimum atomic E-state index is -0.664. The van der Waals surface area contributed by atoms with Crippen LogP contribution < -0.4 is 0 Å². The smallest absolute Gasteiger partial charge is 0.330 e. The molecule has 0 aliphatic carbocycles. The molecule has 1 atom stereocenters. The van der Waals surface area contributed by atoms with Gasteiger partial charge in [-0.1, -0.05) is 42.5 Å². The van der Waals surface area contributed by atoms with E-state index in [2.05, 4.69) is 6.07 Å². The van der Waals surface area contributed by atoms with Crippen molar-refractivity contribution in [3.63, 3.8) is 0 Å². The van der Waals surface area contributed by atoms with Crippen molar-refractivity contribution in [2.24, 2.45) is 0 Å². The summed E-state index contributed by atoms with van der Waals surface area (Å²) in [6, 6.07) is 16.3. The highest BCUT2D eigenvalue weighted by molar-refractivity contribution is 7.99. The van der Waals surface area contributed by atoms with Gasteiger partial charge in [0, 0.05) is 24.4 Å². The average molecular weight is 410 g/mol. The molecule has 2 aromatic carbocycles. The second kappa shape index (κ2) is 8.69. The average Bonchev–Trinajstić information content (AvgIpc) is 3.27. The second-order valence-electron chi connectivity index (χ2n) is 7.10. The third-order valence-corrected chi connectivity index (χ3v) is 6.27. The number of hydrogen-bond acceptors (Lipinski definition) is 5. The molecule has 0 N–H and O–H groups in total. The first-order chi connectivity index (χ1) is 14.1. The van der Waals surface area contributed by atoms with Crippen molar-refractivity contribution in [2.75, 3.05) is 24.8 Å². The lowest BCUT2D eigenvalue weighted by Crippen LogP contribution is -2.44. The summed E-state index contributed by atoms with van der Waals surface area (Å²) in [7, 11) is 0.